The molecule has 2 amide bonds. The molecule has 0 atom stereocenters. The SMILES string of the molecule is NC(=O)c1ccc(Cl)cc1OCC(=O)N1CCc2ccccc21. The molecule has 1 aliphatic rings. The van der Waals surface area contributed by atoms with Gasteiger partial charge in [-0.25, -0.2) is 0 Å². The zero-order valence-corrected chi connectivity index (χ0v) is 13.0. The Morgan fingerprint density at radius 2 is 2.00 bits per heavy atom. The Labute approximate surface area is 138 Å². The molecule has 118 valence electrons. The van der Waals surface area contributed by atoms with Crippen LogP contribution in [0.25, 0.3) is 0 Å². The fraction of sp³-hybridized carbons (Fsp3) is 0.176. The molecule has 0 saturated heterocycles. The predicted molar refractivity (Wildman–Crippen MR) is 88.0 cm³/mol. The number of ether oxygens (including phenoxy) is 1. The van der Waals surface area contributed by atoms with E-state index in [1.807, 2.05) is 24.3 Å². The van der Waals surface area contributed by atoms with Crippen molar-refractivity contribution in [2.45, 2.75) is 6.42 Å². The first-order valence-electron chi connectivity index (χ1n) is 7.16. The third-order valence-electron chi connectivity index (χ3n) is 3.75. The van der Waals surface area contributed by atoms with Gasteiger partial charge in [0.15, 0.2) is 6.61 Å². The Morgan fingerprint density at radius 3 is 2.78 bits per heavy atom. The van der Waals surface area contributed by atoms with Gasteiger partial charge in [-0.1, -0.05) is 29.8 Å². The molecule has 1 aliphatic heterocycles. The first-order valence-corrected chi connectivity index (χ1v) is 7.54. The molecule has 2 aromatic carbocycles. The molecule has 0 saturated carbocycles. The van der Waals surface area contributed by atoms with Gasteiger partial charge in [0.25, 0.3) is 11.8 Å². The van der Waals surface area contributed by atoms with E-state index in [2.05, 4.69) is 0 Å². The highest BCUT2D eigenvalue weighted by Crippen LogP contribution is 2.28. The lowest BCUT2D eigenvalue weighted by molar-refractivity contribution is -0.120. The van der Waals surface area contributed by atoms with Gasteiger partial charge in [0.05, 0.1) is 5.56 Å². The van der Waals surface area contributed by atoms with Gasteiger partial charge in [0, 0.05) is 17.3 Å². The fourth-order valence-corrected chi connectivity index (χ4v) is 2.80. The number of nitrogens with zero attached hydrogens (tertiary/aromatic N) is 1. The second-order valence-corrected chi connectivity index (χ2v) is 5.65. The molecule has 2 N–H and O–H groups in total. The maximum atomic E-state index is 12.4. The van der Waals surface area contributed by atoms with Crippen molar-refractivity contribution in [2.24, 2.45) is 5.73 Å². The Hall–Kier alpha value is -2.53. The van der Waals surface area contributed by atoms with Gasteiger partial charge in [-0.15, -0.1) is 0 Å². The van der Waals surface area contributed by atoms with Crippen LogP contribution in [0.15, 0.2) is 42.5 Å². The number of para-hydroxylation sites is 1. The van der Waals surface area contributed by atoms with Crippen molar-refractivity contribution in [3.63, 3.8) is 0 Å². The van der Waals surface area contributed by atoms with Crippen molar-refractivity contribution in [2.75, 3.05) is 18.1 Å². The number of carbonyl (C=O) groups is 2. The number of nitrogens with two attached hydrogens (primary N) is 1. The highest BCUT2D eigenvalue weighted by atomic mass is 35.5. The van der Waals surface area contributed by atoms with Gasteiger partial charge in [0.2, 0.25) is 0 Å². The van der Waals surface area contributed by atoms with Crippen LogP contribution in [-0.4, -0.2) is 25.0 Å². The van der Waals surface area contributed by atoms with Gasteiger partial charge in [-0.2, -0.15) is 0 Å². The Morgan fingerprint density at radius 1 is 1.22 bits per heavy atom. The van der Waals surface area contributed by atoms with Crippen molar-refractivity contribution >= 4 is 29.1 Å². The van der Waals surface area contributed by atoms with Gasteiger partial charge < -0.3 is 15.4 Å². The zero-order chi connectivity index (χ0) is 16.4. The molecule has 1 heterocycles. The molecule has 0 aromatic heterocycles. The molecule has 0 radical (unpaired) electrons. The van der Waals surface area contributed by atoms with E-state index in [0.29, 0.717) is 11.6 Å². The summed E-state index contributed by atoms with van der Waals surface area (Å²) in [7, 11) is 0. The molecule has 0 bridgehead atoms. The summed E-state index contributed by atoms with van der Waals surface area (Å²) in [5, 5.41) is 0.406. The smallest absolute Gasteiger partial charge is 0.264 e. The van der Waals surface area contributed by atoms with E-state index < -0.39 is 5.91 Å². The lowest BCUT2D eigenvalue weighted by atomic mass is 10.2. The highest BCUT2D eigenvalue weighted by Gasteiger charge is 2.24. The summed E-state index contributed by atoms with van der Waals surface area (Å²) >= 11 is 5.90. The van der Waals surface area contributed by atoms with Crippen LogP contribution in [0, 0.1) is 0 Å². The molecule has 0 fully saturated rings. The standard InChI is InChI=1S/C17H15ClN2O3/c18-12-5-6-13(17(19)22)15(9-12)23-10-16(21)20-8-7-11-3-1-2-4-14(11)20/h1-6,9H,7-8,10H2,(H2,19,22). The highest BCUT2D eigenvalue weighted by molar-refractivity contribution is 6.30. The quantitative estimate of drug-likeness (QED) is 0.935. The Kier molecular flexibility index (Phi) is 4.21. The van der Waals surface area contributed by atoms with Crippen LogP contribution < -0.4 is 15.4 Å². The topological polar surface area (TPSA) is 72.6 Å². The normalized spacial score (nSPS) is 12.8. The number of fused-ring (bicyclic) bond motifs is 1. The second kappa shape index (κ2) is 6.30. The molecular weight excluding hydrogens is 316 g/mol. The van der Waals surface area contributed by atoms with E-state index in [1.165, 1.54) is 12.1 Å². The summed E-state index contributed by atoms with van der Waals surface area (Å²) in [5.41, 5.74) is 7.54. The van der Waals surface area contributed by atoms with Crippen molar-refractivity contribution < 1.29 is 14.3 Å². The number of halogens is 1. The third kappa shape index (κ3) is 3.14. The number of benzene rings is 2. The molecule has 0 spiro atoms. The summed E-state index contributed by atoms with van der Waals surface area (Å²) in [6.45, 7) is 0.439. The van der Waals surface area contributed by atoms with Crippen LogP contribution in [0.3, 0.4) is 0 Å². The number of anilines is 1. The van der Waals surface area contributed by atoms with Crippen molar-refractivity contribution in [1.82, 2.24) is 0 Å². The van der Waals surface area contributed by atoms with Crippen molar-refractivity contribution in [3.05, 3.63) is 58.6 Å². The maximum absolute atomic E-state index is 12.4. The van der Waals surface area contributed by atoms with E-state index in [0.717, 1.165) is 17.7 Å². The van der Waals surface area contributed by atoms with Gasteiger partial charge >= 0.3 is 0 Å². The van der Waals surface area contributed by atoms with Crippen LogP contribution >= 0.6 is 11.6 Å². The minimum absolute atomic E-state index is 0.176. The first-order chi connectivity index (χ1) is 11.1. The lowest BCUT2D eigenvalue weighted by Gasteiger charge is -2.18. The predicted octanol–water partition coefficient (Wildman–Crippen LogP) is 2.41. The molecule has 0 unspecified atom stereocenters. The summed E-state index contributed by atoms with van der Waals surface area (Å²) in [5.74, 6) is -0.591. The average Bonchev–Trinajstić information content (AvgIpc) is 2.96. The third-order valence-corrected chi connectivity index (χ3v) is 3.98. The number of rotatable bonds is 4. The minimum atomic E-state index is -0.629. The van der Waals surface area contributed by atoms with E-state index >= 15 is 0 Å². The lowest BCUT2D eigenvalue weighted by Crippen LogP contribution is -2.33. The van der Waals surface area contributed by atoms with Gasteiger partial charge in [-0.05, 0) is 36.2 Å². The maximum Gasteiger partial charge on any atom is 0.264 e. The number of carbonyl (C=O) groups excluding carboxylic acids is 2. The minimum Gasteiger partial charge on any atom is -0.483 e. The monoisotopic (exact) mass is 330 g/mol. The van der Waals surface area contributed by atoms with Crippen LogP contribution in [-0.2, 0) is 11.2 Å². The molecule has 6 heteroatoms. The summed E-state index contributed by atoms with van der Waals surface area (Å²) < 4.78 is 5.49. The van der Waals surface area contributed by atoms with Crippen LogP contribution in [0.2, 0.25) is 5.02 Å². The second-order valence-electron chi connectivity index (χ2n) is 5.22. The van der Waals surface area contributed by atoms with E-state index in [1.54, 1.807) is 11.0 Å². The Balaban J connectivity index is 1.73. The molecule has 5 nitrogen and oxygen atoms in total. The molecule has 3 rings (SSSR count). The summed E-state index contributed by atoms with van der Waals surface area (Å²) in [6, 6.07) is 12.3. The molecular formula is C17H15ClN2O3. The number of amides is 2. The van der Waals surface area contributed by atoms with E-state index in [-0.39, 0.29) is 23.8 Å². The Bertz CT molecular complexity index is 776. The zero-order valence-electron chi connectivity index (χ0n) is 12.3. The largest absolute Gasteiger partial charge is 0.483 e. The molecule has 2 aromatic rings. The van der Waals surface area contributed by atoms with Gasteiger partial charge in [0.1, 0.15) is 5.75 Å². The number of primary amides is 1. The summed E-state index contributed by atoms with van der Waals surface area (Å²) in [6.07, 6.45) is 0.825. The fourth-order valence-electron chi connectivity index (χ4n) is 2.63. The summed E-state index contributed by atoms with van der Waals surface area (Å²) in [4.78, 5) is 25.5. The van der Waals surface area contributed by atoms with Crippen molar-refractivity contribution in [3.8, 4) is 5.75 Å². The van der Waals surface area contributed by atoms with Crippen LogP contribution in [0.5, 0.6) is 5.75 Å². The first kappa shape index (κ1) is 15.4. The number of hydrogen-bond donors (Lipinski definition) is 1. The number of hydrogen-bond acceptors (Lipinski definition) is 3. The molecule has 23 heavy (non-hydrogen) atoms. The van der Waals surface area contributed by atoms with E-state index in [9.17, 15) is 9.59 Å². The molecule has 0 aliphatic carbocycles. The van der Waals surface area contributed by atoms with Crippen LogP contribution in [0.4, 0.5) is 5.69 Å². The van der Waals surface area contributed by atoms with Gasteiger partial charge in [-0.3, -0.25) is 9.59 Å². The van der Waals surface area contributed by atoms with E-state index in [4.69, 9.17) is 22.1 Å². The average molecular weight is 331 g/mol. The van der Waals surface area contributed by atoms with Crippen LogP contribution in [0.1, 0.15) is 15.9 Å². The van der Waals surface area contributed by atoms with Crippen molar-refractivity contribution in [1.29, 1.82) is 0 Å².